The molecule has 2 aromatic carbocycles. The molecule has 2 rings (SSSR count). The van der Waals surface area contributed by atoms with Crippen LogP contribution in [0.15, 0.2) is 53.4 Å². The van der Waals surface area contributed by atoms with E-state index in [0.717, 1.165) is 24.0 Å². The van der Waals surface area contributed by atoms with Crippen molar-refractivity contribution in [3.8, 4) is 0 Å². The Morgan fingerprint density at radius 2 is 1.75 bits per heavy atom. The number of amides is 2. The second-order valence-electron chi connectivity index (χ2n) is 5.98. The highest BCUT2D eigenvalue weighted by Crippen LogP contribution is 2.24. The molecule has 148 valence electrons. The number of nitro benzene ring substituents is 1. The van der Waals surface area contributed by atoms with Crippen LogP contribution in [-0.2, 0) is 21.2 Å². The maximum atomic E-state index is 12.1. The molecule has 0 spiro atoms. The molecule has 2 amide bonds. The van der Waals surface area contributed by atoms with Crippen LogP contribution in [0.5, 0.6) is 0 Å². The van der Waals surface area contributed by atoms with Crippen LogP contribution in [0.25, 0.3) is 0 Å². The fourth-order valence-electron chi connectivity index (χ4n) is 2.39. The van der Waals surface area contributed by atoms with Crippen LogP contribution < -0.4 is 10.6 Å². The van der Waals surface area contributed by atoms with Crippen LogP contribution in [-0.4, -0.2) is 38.0 Å². The Labute approximate surface area is 161 Å². The van der Waals surface area contributed by atoms with Gasteiger partial charge in [0.2, 0.25) is 5.91 Å². The summed E-state index contributed by atoms with van der Waals surface area (Å²) in [5.74, 6) is -0.901. The van der Waals surface area contributed by atoms with Gasteiger partial charge in [-0.05, 0) is 17.7 Å². The van der Waals surface area contributed by atoms with Gasteiger partial charge in [0, 0.05) is 37.4 Å². The molecule has 2 N–H and O–H groups in total. The minimum Gasteiger partial charge on any atom is -0.352 e. The fourth-order valence-corrected chi connectivity index (χ4v) is 3.22. The first-order chi connectivity index (χ1) is 13.2. The molecule has 0 aliphatic heterocycles. The summed E-state index contributed by atoms with van der Waals surface area (Å²) in [7, 11) is -3.80. The zero-order chi connectivity index (χ0) is 20.7. The zero-order valence-corrected chi connectivity index (χ0v) is 15.9. The first kappa shape index (κ1) is 21.0. The second-order valence-corrected chi connectivity index (χ2v) is 7.96. The topological polar surface area (TPSA) is 135 Å². The summed E-state index contributed by atoms with van der Waals surface area (Å²) >= 11 is 0. The number of carbonyl (C=O) groups is 2. The summed E-state index contributed by atoms with van der Waals surface area (Å²) in [5, 5.41) is 16.3. The maximum Gasteiger partial charge on any atom is 0.288 e. The molecule has 0 unspecified atom stereocenters. The summed E-state index contributed by atoms with van der Waals surface area (Å²) in [6.07, 6.45) is 0.880. The molecule has 0 aliphatic rings. The Bertz CT molecular complexity index is 990. The number of nitro groups is 1. The van der Waals surface area contributed by atoms with E-state index in [1.165, 1.54) is 6.07 Å². The Kier molecular flexibility index (Phi) is 6.83. The number of nitrogens with one attached hydrogen (secondary N) is 2. The van der Waals surface area contributed by atoms with Gasteiger partial charge in [-0.25, -0.2) is 8.42 Å². The number of benzene rings is 2. The fraction of sp³-hybridized carbons (Fsp3) is 0.222. The van der Waals surface area contributed by atoms with E-state index >= 15 is 0 Å². The molecule has 0 saturated carbocycles. The number of hydrogen-bond acceptors (Lipinski definition) is 6. The van der Waals surface area contributed by atoms with Crippen LogP contribution in [0.3, 0.4) is 0 Å². The van der Waals surface area contributed by atoms with Crippen molar-refractivity contribution in [3.05, 3.63) is 69.8 Å². The molecule has 0 atom stereocenters. The predicted molar refractivity (Wildman–Crippen MR) is 101 cm³/mol. The SMILES string of the molecule is CS(=O)(=O)c1ccc(C(=O)NCCC(=O)NCc2ccccc2)cc1[N+](=O)[O-]. The van der Waals surface area contributed by atoms with Crippen LogP contribution in [0.1, 0.15) is 22.3 Å². The van der Waals surface area contributed by atoms with Crippen molar-refractivity contribution in [2.45, 2.75) is 17.9 Å². The first-order valence-corrected chi connectivity index (χ1v) is 10.1. The lowest BCUT2D eigenvalue weighted by atomic mass is 10.2. The van der Waals surface area contributed by atoms with Crippen molar-refractivity contribution in [2.75, 3.05) is 12.8 Å². The average molecular weight is 405 g/mol. The Hall–Kier alpha value is -3.27. The number of carbonyl (C=O) groups excluding carboxylic acids is 2. The monoisotopic (exact) mass is 405 g/mol. The number of sulfone groups is 1. The van der Waals surface area contributed by atoms with Gasteiger partial charge in [-0.3, -0.25) is 19.7 Å². The lowest BCUT2D eigenvalue weighted by molar-refractivity contribution is -0.387. The van der Waals surface area contributed by atoms with Gasteiger partial charge in [0.1, 0.15) is 4.90 Å². The Morgan fingerprint density at radius 3 is 2.36 bits per heavy atom. The molecule has 0 fully saturated rings. The van der Waals surface area contributed by atoms with Crippen LogP contribution in [0.4, 0.5) is 5.69 Å². The van der Waals surface area contributed by atoms with Crippen molar-refractivity contribution in [1.82, 2.24) is 10.6 Å². The average Bonchev–Trinajstić information content (AvgIpc) is 2.65. The number of hydrogen-bond donors (Lipinski definition) is 2. The molecule has 0 aliphatic carbocycles. The third-order valence-corrected chi connectivity index (χ3v) is 4.93. The second kappa shape index (κ2) is 9.09. The van der Waals surface area contributed by atoms with Gasteiger partial charge < -0.3 is 10.6 Å². The molecule has 9 nitrogen and oxygen atoms in total. The first-order valence-electron chi connectivity index (χ1n) is 8.26. The van der Waals surface area contributed by atoms with Gasteiger partial charge in [0.15, 0.2) is 9.84 Å². The van der Waals surface area contributed by atoms with E-state index in [9.17, 15) is 28.1 Å². The van der Waals surface area contributed by atoms with Crippen molar-refractivity contribution in [2.24, 2.45) is 0 Å². The van der Waals surface area contributed by atoms with E-state index in [0.29, 0.717) is 6.54 Å². The third kappa shape index (κ3) is 5.88. The van der Waals surface area contributed by atoms with E-state index in [1.54, 1.807) is 0 Å². The molecule has 0 heterocycles. The Morgan fingerprint density at radius 1 is 1.07 bits per heavy atom. The van der Waals surface area contributed by atoms with E-state index in [1.807, 2.05) is 30.3 Å². The highest BCUT2D eigenvalue weighted by atomic mass is 32.2. The molecule has 10 heteroatoms. The molecule has 0 aromatic heterocycles. The van der Waals surface area contributed by atoms with Gasteiger partial charge in [0.25, 0.3) is 11.6 Å². The van der Waals surface area contributed by atoms with Crippen molar-refractivity contribution < 1.29 is 22.9 Å². The summed E-state index contributed by atoms with van der Waals surface area (Å²) < 4.78 is 23.2. The Balaban J connectivity index is 1.91. The molecule has 28 heavy (non-hydrogen) atoms. The maximum absolute atomic E-state index is 12.1. The lowest BCUT2D eigenvalue weighted by Crippen LogP contribution is -2.30. The highest BCUT2D eigenvalue weighted by molar-refractivity contribution is 7.90. The van der Waals surface area contributed by atoms with E-state index < -0.39 is 31.3 Å². The predicted octanol–water partition coefficient (Wildman–Crippen LogP) is 1.43. The van der Waals surface area contributed by atoms with E-state index in [4.69, 9.17) is 0 Å². The highest BCUT2D eigenvalue weighted by Gasteiger charge is 2.24. The molecular weight excluding hydrogens is 386 g/mol. The minimum atomic E-state index is -3.80. The standard InChI is InChI=1S/C18H19N3O6S/c1-28(26,27)16-8-7-14(11-15(16)21(24)25)18(23)19-10-9-17(22)20-12-13-5-3-2-4-6-13/h2-8,11H,9-10,12H2,1H3,(H,19,23)(H,20,22). The smallest absolute Gasteiger partial charge is 0.288 e. The number of rotatable bonds is 8. The van der Waals surface area contributed by atoms with Gasteiger partial charge in [-0.2, -0.15) is 0 Å². The molecule has 0 saturated heterocycles. The summed E-state index contributed by atoms with van der Waals surface area (Å²) in [6, 6.07) is 12.4. The molecular formula is C18H19N3O6S. The summed E-state index contributed by atoms with van der Waals surface area (Å²) in [5.41, 5.74) is 0.206. The minimum absolute atomic E-state index is 0.0289. The van der Waals surface area contributed by atoms with Crippen LogP contribution in [0, 0.1) is 10.1 Å². The summed E-state index contributed by atoms with van der Waals surface area (Å²) in [6.45, 7) is 0.397. The normalized spacial score (nSPS) is 10.9. The molecule has 0 bridgehead atoms. The quantitative estimate of drug-likeness (QED) is 0.504. The van der Waals surface area contributed by atoms with Gasteiger partial charge >= 0.3 is 0 Å². The van der Waals surface area contributed by atoms with Crippen LogP contribution >= 0.6 is 0 Å². The van der Waals surface area contributed by atoms with Crippen molar-refractivity contribution >= 4 is 27.3 Å². The van der Waals surface area contributed by atoms with E-state index in [-0.39, 0.29) is 24.4 Å². The van der Waals surface area contributed by atoms with Gasteiger partial charge in [0.05, 0.1) is 4.92 Å². The summed E-state index contributed by atoms with van der Waals surface area (Å²) in [4.78, 5) is 33.7. The molecule has 2 aromatic rings. The van der Waals surface area contributed by atoms with Crippen LogP contribution in [0.2, 0.25) is 0 Å². The molecule has 0 radical (unpaired) electrons. The number of nitrogens with zero attached hydrogens (tertiary/aromatic N) is 1. The zero-order valence-electron chi connectivity index (χ0n) is 15.0. The lowest BCUT2D eigenvalue weighted by Gasteiger charge is -2.08. The largest absolute Gasteiger partial charge is 0.352 e. The third-order valence-electron chi connectivity index (χ3n) is 3.79. The van der Waals surface area contributed by atoms with Crippen molar-refractivity contribution in [1.29, 1.82) is 0 Å². The van der Waals surface area contributed by atoms with Crippen molar-refractivity contribution in [3.63, 3.8) is 0 Å². The van der Waals surface area contributed by atoms with Gasteiger partial charge in [-0.15, -0.1) is 0 Å². The van der Waals surface area contributed by atoms with Gasteiger partial charge in [-0.1, -0.05) is 30.3 Å². The van der Waals surface area contributed by atoms with E-state index in [2.05, 4.69) is 10.6 Å².